The molecule has 0 aliphatic carbocycles. The highest BCUT2D eigenvalue weighted by molar-refractivity contribution is 7.88. The highest BCUT2D eigenvalue weighted by Gasteiger charge is 2.30. The number of nitrogens with one attached hydrogen (secondary N) is 2. The van der Waals surface area contributed by atoms with E-state index in [0.29, 0.717) is 30.6 Å². The Morgan fingerprint density at radius 3 is 2.65 bits per heavy atom. The third-order valence-corrected chi connectivity index (χ3v) is 5.91. The molecule has 1 aliphatic heterocycles. The Balaban J connectivity index is 2.11. The van der Waals surface area contributed by atoms with E-state index in [0.717, 1.165) is 12.7 Å². The Morgan fingerprint density at radius 1 is 1.31 bits per heavy atom. The van der Waals surface area contributed by atoms with Gasteiger partial charge >= 0.3 is 0 Å². The molecule has 7 nitrogen and oxygen atoms in total. The third-order valence-electron chi connectivity index (χ3n) is 4.64. The minimum atomic E-state index is -3.31. The first-order valence-corrected chi connectivity index (χ1v) is 10.7. The molecule has 2 amide bonds. The second-order valence-corrected chi connectivity index (χ2v) is 8.76. The molecular formula is C18H27N3O4S. The molecule has 0 saturated carbocycles. The SMILES string of the molecule is CCC(C)NC(=O)c1ccccc1NC(=O)C1CCCN(S(C)(=O)=O)C1. The minimum Gasteiger partial charge on any atom is -0.350 e. The number of anilines is 1. The first kappa shape index (κ1) is 20.4. The number of hydrogen-bond donors (Lipinski definition) is 2. The molecule has 0 spiro atoms. The number of piperidine rings is 1. The summed E-state index contributed by atoms with van der Waals surface area (Å²) in [4.78, 5) is 25.1. The zero-order chi connectivity index (χ0) is 19.3. The summed E-state index contributed by atoms with van der Waals surface area (Å²) in [6, 6.07) is 6.87. The summed E-state index contributed by atoms with van der Waals surface area (Å²) < 4.78 is 24.8. The molecule has 0 aromatic heterocycles. The molecule has 2 atom stereocenters. The van der Waals surface area contributed by atoms with Gasteiger partial charge in [-0.1, -0.05) is 19.1 Å². The molecule has 144 valence electrons. The van der Waals surface area contributed by atoms with Crippen LogP contribution in [0.2, 0.25) is 0 Å². The maximum absolute atomic E-state index is 12.6. The van der Waals surface area contributed by atoms with Gasteiger partial charge in [0.25, 0.3) is 5.91 Å². The number of benzene rings is 1. The van der Waals surface area contributed by atoms with Crippen molar-refractivity contribution in [3.8, 4) is 0 Å². The average molecular weight is 381 g/mol. The van der Waals surface area contributed by atoms with Gasteiger partial charge in [0.2, 0.25) is 15.9 Å². The molecule has 2 N–H and O–H groups in total. The van der Waals surface area contributed by atoms with Gasteiger partial charge in [-0.2, -0.15) is 0 Å². The fraction of sp³-hybridized carbons (Fsp3) is 0.556. The van der Waals surface area contributed by atoms with Crippen molar-refractivity contribution in [2.75, 3.05) is 24.7 Å². The Labute approximate surface area is 155 Å². The molecule has 1 aliphatic rings. The molecule has 1 aromatic rings. The van der Waals surface area contributed by atoms with Gasteiger partial charge in [0.1, 0.15) is 0 Å². The summed E-state index contributed by atoms with van der Waals surface area (Å²) in [5, 5.41) is 5.69. The van der Waals surface area contributed by atoms with E-state index in [4.69, 9.17) is 0 Å². The van der Waals surface area contributed by atoms with Gasteiger partial charge in [0, 0.05) is 19.1 Å². The number of carbonyl (C=O) groups excluding carboxylic acids is 2. The zero-order valence-electron chi connectivity index (χ0n) is 15.5. The third kappa shape index (κ3) is 5.28. The maximum Gasteiger partial charge on any atom is 0.253 e. The van der Waals surface area contributed by atoms with Crippen LogP contribution in [0, 0.1) is 5.92 Å². The lowest BCUT2D eigenvalue weighted by atomic mass is 9.98. The zero-order valence-corrected chi connectivity index (χ0v) is 16.3. The van der Waals surface area contributed by atoms with Crippen molar-refractivity contribution in [1.82, 2.24) is 9.62 Å². The van der Waals surface area contributed by atoms with Gasteiger partial charge in [0.15, 0.2) is 0 Å². The summed E-state index contributed by atoms with van der Waals surface area (Å²) in [6.45, 7) is 4.51. The highest BCUT2D eigenvalue weighted by atomic mass is 32.2. The van der Waals surface area contributed by atoms with Crippen LogP contribution in [-0.4, -0.2) is 49.9 Å². The monoisotopic (exact) mass is 381 g/mol. The Kier molecular flexibility index (Phi) is 6.77. The number of carbonyl (C=O) groups is 2. The normalized spacial score (nSPS) is 19.6. The van der Waals surface area contributed by atoms with Crippen LogP contribution >= 0.6 is 0 Å². The van der Waals surface area contributed by atoms with Crippen LogP contribution in [0.25, 0.3) is 0 Å². The van der Waals surface area contributed by atoms with Crippen LogP contribution in [0.1, 0.15) is 43.5 Å². The second-order valence-electron chi connectivity index (χ2n) is 6.78. The van der Waals surface area contributed by atoms with Crippen molar-refractivity contribution >= 4 is 27.5 Å². The van der Waals surface area contributed by atoms with Crippen molar-refractivity contribution in [2.45, 2.75) is 39.2 Å². The van der Waals surface area contributed by atoms with E-state index >= 15 is 0 Å². The van der Waals surface area contributed by atoms with Gasteiger partial charge in [-0.25, -0.2) is 12.7 Å². The van der Waals surface area contributed by atoms with Gasteiger partial charge in [-0.15, -0.1) is 0 Å². The predicted octanol–water partition coefficient (Wildman–Crippen LogP) is 1.83. The van der Waals surface area contributed by atoms with E-state index in [1.54, 1.807) is 24.3 Å². The number of sulfonamides is 1. The van der Waals surface area contributed by atoms with Crippen LogP contribution in [0.3, 0.4) is 0 Å². The number of para-hydroxylation sites is 1. The molecule has 2 unspecified atom stereocenters. The van der Waals surface area contributed by atoms with E-state index in [9.17, 15) is 18.0 Å². The highest BCUT2D eigenvalue weighted by Crippen LogP contribution is 2.22. The van der Waals surface area contributed by atoms with Crippen molar-refractivity contribution in [2.24, 2.45) is 5.92 Å². The smallest absolute Gasteiger partial charge is 0.253 e. The van der Waals surface area contributed by atoms with Gasteiger partial charge < -0.3 is 10.6 Å². The number of rotatable bonds is 6. The molecular weight excluding hydrogens is 354 g/mol. The van der Waals surface area contributed by atoms with Crippen LogP contribution in [0.4, 0.5) is 5.69 Å². The lowest BCUT2D eigenvalue weighted by Gasteiger charge is -2.30. The Hall–Kier alpha value is -1.93. The lowest BCUT2D eigenvalue weighted by molar-refractivity contribution is -0.120. The van der Waals surface area contributed by atoms with Crippen molar-refractivity contribution in [3.63, 3.8) is 0 Å². The average Bonchev–Trinajstić information content (AvgIpc) is 2.61. The molecule has 0 bridgehead atoms. The molecule has 0 radical (unpaired) electrons. The summed E-state index contributed by atoms with van der Waals surface area (Å²) in [6.07, 6.45) is 3.23. The Bertz CT molecular complexity index is 763. The van der Waals surface area contributed by atoms with Crippen molar-refractivity contribution < 1.29 is 18.0 Å². The summed E-state index contributed by atoms with van der Waals surface area (Å²) in [5.74, 6) is -0.928. The standard InChI is InChI=1S/C18H27N3O4S/c1-4-13(2)19-18(23)15-9-5-6-10-16(15)20-17(22)14-8-7-11-21(12-14)26(3,24)25/h5-6,9-10,13-14H,4,7-8,11-12H2,1-3H3,(H,19,23)(H,20,22). The molecule has 2 rings (SSSR count). The van der Waals surface area contributed by atoms with E-state index < -0.39 is 15.9 Å². The minimum absolute atomic E-state index is 0.0351. The number of amides is 2. The van der Waals surface area contributed by atoms with E-state index in [1.165, 1.54) is 4.31 Å². The summed E-state index contributed by atoms with van der Waals surface area (Å²) in [5.41, 5.74) is 0.840. The molecule has 8 heteroatoms. The Morgan fingerprint density at radius 2 is 2.00 bits per heavy atom. The molecule has 1 heterocycles. The van der Waals surface area contributed by atoms with Crippen molar-refractivity contribution in [1.29, 1.82) is 0 Å². The predicted molar refractivity (Wildman–Crippen MR) is 101 cm³/mol. The van der Waals surface area contributed by atoms with Crippen LogP contribution in [-0.2, 0) is 14.8 Å². The van der Waals surface area contributed by atoms with Crippen LogP contribution in [0.15, 0.2) is 24.3 Å². The fourth-order valence-corrected chi connectivity index (χ4v) is 3.80. The largest absolute Gasteiger partial charge is 0.350 e. The summed E-state index contributed by atoms with van der Waals surface area (Å²) >= 11 is 0. The van der Waals surface area contributed by atoms with Gasteiger partial charge in [0.05, 0.1) is 23.4 Å². The van der Waals surface area contributed by atoms with E-state index in [1.807, 2.05) is 13.8 Å². The molecule has 1 aromatic carbocycles. The molecule has 26 heavy (non-hydrogen) atoms. The molecule has 1 saturated heterocycles. The van der Waals surface area contributed by atoms with Gasteiger partial charge in [-0.05, 0) is 38.3 Å². The molecule has 1 fully saturated rings. The second kappa shape index (κ2) is 8.64. The summed E-state index contributed by atoms with van der Waals surface area (Å²) in [7, 11) is -3.31. The number of hydrogen-bond acceptors (Lipinski definition) is 4. The fourth-order valence-electron chi connectivity index (χ4n) is 2.89. The van der Waals surface area contributed by atoms with Crippen LogP contribution in [0.5, 0.6) is 0 Å². The topological polar surface area (TPSA) is 95.6 Å². The van der Waals surface area contributed by atoms with E-state index in [2.05, 4.69) is 10.6 Å². The first-order chi connectivity index (χ1) is 12.2. The first-order valence-electron chi connectivity index (χ1n) is 8.88. The van der Waals surface area contributed by atoms with Gasteiger partial charge in [-0.3, -0.25) is 9.59 Å². The number of nitrogens with zero attached hydrogens (tertiary/aromatic N) is 1. The van der Waals surface area contributed by atoms with Crippen LogP contribution < -0.4 is 10.6 Å². The van der Waals surface area contributed by atoms with Crippen molar-refractivity contribution in [3.05, 3.63) is 29.8 Å². The quantitative estimate of drug-likeness (QED) is 0.786. The maximum atomic E-state index is 12.6. The lowest BCUT2D eigenvalue weighted by Crippen LogP contribution is -2.43. The van der Waals surface area contributed by atoms with E-state index in [-0.39, 0.29) is 24.4 Å².